The van der Waals surface area contributed by atoms with Gasteiger partial charge in [0.15, 0.2) is 12.6 Å². The first-order valence-corrected chi connectivity index (χ1v) is 24.6. The van der Waals surface area contributed by atoms with Crippen molar-refractivity contribution in [1.82, 2.24) is 0 Å². The molecule has 0 aliphatic carbocycles. The number of rotatable bonds is 39. The standard InChI is InChI=1S/C47H90O14/c1-3-5-7-9-10-11-12-13-14-15-16-17-18-19-20-21-22-23-24-25-27-29-31-56-33-36(59-39(49)30-28-26-8-6-4-2)34-57-46-45(55)43(53)41(51)38(61-46)35-58-47-44(54)42(52)40(50)37(32-48)60-47/h36-38,40-48,50-55H,3-35H2,1-2H3. The lowest BCUT2D eigenvalue weighted by Crippen LogP contribution is -2.61. The van der Waals surface area contributed by atoms with Crippen molar-refractivity contribution < 1.29 is 69.0 Å². The molecule has 2 aliphatic heterocycles. The maximum Gasteiger partial charge on any atom is 0.306 e. The molecule has 0 bridgehead atoms. The Hall–Kier alpha value is -1.01. The topological polar surface area (TPSA) is 214 Å². The highest BCUT2D eigenvalue weighted by Crippen LogP contribution is 2.26. The molecule has 0 aromatic carbocycles. The quantitative estimate of drug-likeness (QED) is 0.0259. The molecule has 0 saturated carbocycles. The Morgan fingerprint density at radius 3 is 1.33 bits per heavy atom. The maximum absolute atomic E-state index is 12.8. The minimum absolute atomic E-state index is 0.0679. The number of esters is 1. The van der Waals surface area contributed by atoms with Crippen LogP contribution >= 0.6 is 0 Å². The highest BCUT2D eigenvalue weighted by Gasteiger charge is 2.47. The average Bonchev–Trinajstić information content (AvgIpc) is 3.25. The number of hydrogen-bond acceptors (Lipinski definition) is 14. The van der Waals surface area contributed by atoms with E-state index in [-0.39, 0.29) is 25.6 Å². The van der Waals surface area contributed by atoms with Crippen molar-refractivity contribution in [2.24, 2.45) is 0 Å². The Bertz CT molecular complexity index is 1020. The van der Waals surface area contributed by atoms with Gasteiger partial charge in [0.05, 0.1) is 26.4 Å². The van der Waals surface area contributed by atoms with E-state index in [9.17, 15) is 40.5 Å². The monoisotopic (exact) mass is 879 g/mol. The van der Waals surface area contributed by atoms with E-state index in [1.165, 1.54) is 122 Å². The number of carbonyl (C=O) groups excluding carboxylic acids is 1. The minimum atomic E-state index is -1.70. The maximum atomic E-state index is 12.8. The zero-order valence-electron chi connectivity index (χ0n) is 38.2. The van der Waals surface area contributed by atoms with Crippen LogP contribution < -0.4 is 0 Å². The van der Waals surface area contributed by atoms with Gasteiger partial charge in [-0.15, -0.1) is 0 Å². The number of unbranched alkanes of at least 4 members (excludes halogenated alkanes) is 25. The molecule has 0 aromatic rings. The number of ether oxygens (including phenoxy) is 6. The molecule has 2 rings (SSSR count). The van der Waals surface area contributed by atoms with E-state index in [4.69, 9.17) is 28.4 Å². The molecular formula is C47H90O14. The summed E-state index contributed by atoms with van der Waals surface area (Å²) in [6, 6.07) is 0. The van der Waals surface area contributed by atoms with Gasteiger partial charge in [-0.3, -0.25) is 4.79 Å². The lowest BCUT2D eigenvalue weighted by Gasteiger charge is -2.42. The SMILES string of the molecule is CCCCCCCCCCCCCCCCCCCCCCCCOCC(COC1OC(COC2OC(CO)C(O)C(O)C2O)C(O)C(O)C1O)OC(=O)CCCCCCC. The predicted molar refractivity (Wildman–Crippen MR) is 234 cm³/mol. The third kappa shape index (κ3) is 24.7. The molecule has 0 aromatic heterocycles. The Morgan fingerprint density at radius 2 is 0.869 bits per heavy atom. The lowest BCUT2D eigenvalue weighted by atomic mass is 9.98. The zero-order chi connectivity index (χ0) is 44.5. The molecule has 0 spiro atoms. The summed E-state index contributed by atoms with van der Waals surface area (Å²) in [5, 5.41) is 71.7. The van der Waals surface area contributed by atoms with Crippen LogP contribution in [0.5, 0.6) is 0 Å². The van der Waals surface area contributed by atoms with Crippen molar-refractivity contribution in [3.8, 4) is 0 Å². The fourth-order valence-electron chi connectivity index (χ4n) is 8.05. The van der Waals surface area contributed by atoms with E-state index in [1.807, 2.05) is 0 Å². The van der Waals surface area contributed by atoms with Gasteiger partial charge in [0.25, 0.3) is 0 Å². The summed E-state index contributed by atoms with van der Waals surface area (Å²) in [5.74, 6) is -0.385. The van der Waals surface area contributed by atoms with Crippen LogP contribution in [-0.4, -0.2) is 142 Å². The molecule has 0 amide bonds. The molecule has 14 nitrogen and oxygen atoms in total. The van der Waals surface area contributed by atoms with Crippen molar-refractivity contribution in [3.63, 3.8) is 0 Å². The van der Waals surface area contributed by atoms with E-state index in [1.54, 1.807) is 0 Å². The predicted octanol–water partition coefficient (Wildman–Crippen LogP) is 6.52. The lowest BCUT2D eigenvalue weighted by molar-refractivity contribution is -0.332. The molecule has 2 saturated heterocycles. The summed E-state index contributed by atoms with van der Waals surface area (Å²) < 4.78 is 34.0. The Balaban J connectivity index is 1.64. The zero-order valence-corrected chi connectivity index (χ0v) is 38.2. The second-order valence-electron chi connectivity index (χ2n) is 17.7. The number of carbonyl (C=O) groups is 1. The summed E-state index contributed by atoms with van der Waals surface area (Å²) in [6.45, 7) is 3.62. The van der Waals surface area contributed by atoms with Crippen molar-refractivity contribution >= 4 is 5.97 Å². The molecular weight excluding hydrogens is 789 g/mol. The summed E-state index contributed by atoms with van der Waals surface area (Å²) in [7, 11) is 0. The van der Waals surface area contributed by atoms with Crippen LogP contribution in [0, 0.1) is 0 Å². The Labute approximate surface area is 368 Å². The molecule has 2 heterocycles. The van der Waals surface area contributed by atoms with E-state index in [0.717, 1.165) is 44.9 Å². The van der Waals surface area contributed by atoms with Gasteiger partial charge in [-0.2, -0.15) is 0 Å². The van der Waals surface area contributed by atoms with E-state index in [0.29, 0.717) is 13.0 Å². The van der Waals surface area contributed by atoms with Crippen LogP contribution in [0.3, 0.4) is 0 Å². The normalized spacial score (nSPS) is 27.4. The summed E-state index contributed by atoms with van der Waals surface area (Å²) in [5.41, 5.74) is 0. The summed E-state index contributed by atoms with van der Waals surface area (Å²) in [6.07, 6.45) is 18.1. The van der Waals surface area contributed by atoms with Gasteiger partial charge < -0.3 is 64.2 Å². The molecule has 14 heteroatoms. The average molecular weight is 879 g/mol. The number of aliphatic hydroxyl groups is 7. The Morgan fingerprint density at radius 1 is 0.475 bits per heavy atom. The fraction of sp³-hybridized carbons (Fsp3) is 0.979. The second kappa shape index (κ2) is 36.2. The molecule has 7 N–H and O–H groups in total. The van der Waals surface area contributed by atoms with Crippen LogP contribution in [0.4, 0.5) is 0 Å². The first-order chi connectivity index (χ1) is 29.6. The minimum Gasteiger partial charge on any atom is -0.457 e. The molecule has 0 radical (unpaired) electrons. The van der Waals surface area contributed by atoms with Crippen LogP contribution in [0.15, 0.2) is 0 Å². The van der Waals surface area contributed by atoms with E-state index in [2.05, 4.69) is 13.8 Å². The van der Waals surface area contributed by atoms with Crippen LogP contribution in [0.2, 0.25) is 0 Å². The van der Waals surface area contributed by atoms with Crippen LogP contribution in [0.25, 0.3) is 0 Å². The third-order valence-electron chi connectivity index (χ3n) is 12.1. The molecule has 2 fully saturated rings. The largest absolute Gasteiger partial charge is 0.457 e. The van der Waals surface area contributed by atoms with Crippen molar-refractivity contribution in [2.45, 2.75) is 261 Å². The van der Waals surface area contributed by atoms with Gasteiger partial charge >= 0.3 is 5.97 Å². The summed E-state index contributed by atoms with van der Waals surface area (Å²) in [4.78, 5) is 12.8. The molecule has 11 atom stereocenters. The fourth-order valence-corrected chi connectivity index (χ4v) is 8.05. The number of hydrogen-bond donors (Lipinski definition) is 7. The van der Waals surface area contributed by atoms with E-state index < -0.39 is 80.7 Å². The van der Waals surface area contributed by atoms with Gasteiger partial charge in [-0.25, -0.2) is 0 Å². The van der Waals surface area contributed by atoms with Gasteiger partial charge in [0, 0.05) is 13.0 Å². The van der Waals surface area contributed by atoms with Crippen LogP contribution in [0.1, 0.15) is 194 Å². The van der Waals surface area contributed by atoms with Crippen molar-refractivity contribution in [3.05, 3.63) is 0 Å². The van der Waals surface area contributed by atoms with Gasteiger partial charge in [0.1, 0.15) is 54.9 Å². The van der Waals surface area contributed by atoms with Gasteiger partial charge in [-0.05, 0) is 12.8 Å². The summed E-state index contributed by atoms with van der Waals surface area (Å²) >= 11 is 0. The third-order valence-corrected chi connectivity index (χ3v) is 12.1. The second-order valence-corrected chi connectivity index (χ2v) is 17.7. The number of aliphatic hydroxyl groups excluding tert-OH is 7. The van der Waals surface area contributed by atoms with Crippen molar-refractivity contribution in [1.29, 1.82) is 0 Å². The molecule has 2 aliphatic rings. The molecule has 61 heavy (non-hydrogen) atoms. The molecule has 362 valence electrons. The first-order valence-electron chi connectivity index (χ1n) is 24.6. The Kier molecular flexibility index (Phi) is 33.3. The van der Waals surface area contributed by atoms with Crippen LogP contribution in [-0.2, 0) is 33.2 Å². The smallest absolute Gasteiger partial charge is 0.306 e. The molecule has 11 unspecified atom stereocenters. The highest BCUT2D eigenvalue weighted by atomic mass is 16.7. The van der Waals surface area contributed by atoms with Gasteiger partial charge in [-0.1, -0.05) is 174 Å². The highest BCUT2D eigenvalue weighted by molar-refractivity contribution is 5.69. The van der Waals surface area contributed by atoms with E-state index >= 15 is 0 Å². The van der Waals surface area contributed by atoms with Gasteiger partial charge in [0.2, 0.25) is 0 Å². The van der Waals surface area contributed by atoms with Crippen molar-refractivity contribution in [2.75, 3.05) is 33.0 Å². The first kappa shape index (κ1) is 56.1.